The Labute approximate surface area is 200 Å². The minimum absolute atomic E-state index is 0.00146. The molecule has 0 bridgehead atoms. The molecule has 0 radical (unpaired) electrons. The molecule has 1 atom stereocenters. The van der Waals surface area contributed by atoms with E-state index in [2.05, 4.69) is 10.3 Å². The lowest BCUT2D eigenvalue weighted by Crippen LogP contribution is -2.30. The Kier molecular flexibility index (Phi) is 6.63. The zero-order valence-corrected chi connectivity index (χ0v) is 20.4. The van der Waals surface area contributed by atoms with E-state index in [0.29, 0.717) is 21.2 Å². The summed E-state index contributed by atoms with van der Waals surface area (Å²) >= 11 is 6.22. The molecule has 5 nitrogen and oxygen atoms in total. The second kappa shape index (κ2) is 9.34. The summed E-state index contributed by atoms with van der Waals surface area (Å²) < 4.78 is 47.6. The summed E-state index contributed by atoms with van der Waals surface area (Å²) in [4.78, 5) is 16.3. The minimum Gasteiger partial charge on any atom is -0.350 e. The molecular weight excluding hydrogens is 481 g/mol. The van der Waals surface area contributed by atoms with E-state index in [1.165, 1.54) is 7.11 Å². The molecule has 34 heavy (non-hydrogen) atoms. The van der Waals surface area contributed by atoms with Gasteiger partial charge in [-0.25, -0.2) is 8.78 Å². The van der Waals surface area contributed by atoms with E-state index in [-0.39, 0.29) is 23.1 Å². The van der Waals surface area contributed by atoms with Crippen molar-refractivity contribution in [1.29, 1.82) is 0 Å². The molecule has 176 valence electrons. The van der Waals surface area contributed by atoms with Crippen LogP contribution in [-0.2, 0) is 15.6 Å². The van der Waals surface area contributed by atoms with Gasteiger partial charge < -0.3 is 14.8 Å². The largest absolute Gasteiger partial charge is 0.350 e. The number of hydrogen-bond donors (Lipinski definition) is 2. The van der Waals surface area contributed by atoms with Crippen molar-refractivity contribution < 1.29 is 22.7 Å². The molecule has 0 spiro atoms. The van der Waals surface area contributed by atoms with E-state index in [1.807, 2.05) is 19.9 Å². The van der Waals surface area contributed by atoms with Crippen LogP contribution in [0.4, 0.5) is 8.78 Å². The summed E-state index contributed by atoms with van der Waals surface area (Å²) in [7, 11) is -2.44. The van der Waals surface area contributed by atoms with Gasteiger partial charge in [-0.2, -0.15) is 0 Å². The monoisotopic (exact) mass is 502 g/mol. The Morgan fingerprint density at radius 1 is 1.06 bits per heavy atom. The maximum absolute atomic E-state index is 14.4. The molecule has 1 aromatic heterocycles. The third-order valence-electron chi connectivity index (χ3n) is 5.51. The number of fused-ring (bicyclic) bond motifs is 1. The van der Waals surface area contributed by atoms with Gasteiger partial charge >= 0.3 is 0 Å². The number of halogens is 3. The lowest BCUT2D eigenvalue weighted by atomic mass is 10.2. The second-order valence-corrected chi connectivity index (χ2v) is 10.9. The van der Waals surface area contributed by atoms with E-state index in [1.54, 1.807) is 30.3 Å². The van der Waals surface area contributed by atoms with Gasteiger partial charge in [0, 0.05) is 40.4 Å². The lowest BCUT2D eigenvalue weighted by Gasteiger charge is -2.19. The van der Waals surface area contributed by atoms with E-state index < -0.39 is 24.9 Å². The van der Waals surface area contributed by atoms with Crippen molar-refractivity contribution in [2.75, 3.05) is 7.11 Å². The van der Waals surface area contributed by atoms with Gasteiger partial charge in [-0.15, -0.1) is 0 Å². The Bertz CT molecular complexity index is 1450. The van der Waals surface area contributed by atoms with Crippen LogP contribution in [0.25, 0.3) is 10.9 Å². The molecule has 0 aliphatic heterocycles. The van der Waals surface area contributed by atoms with Crippen LogP contribution in [0, 0.1) is 25.5 Å². The number of nitrogens with one attached hydrogen (secondary N) is 2. The number of H-pyrrole nitrogens is 1. The number of benzene rings is 3. The smallest absolute Gasteiger partial charge is 0.268 e. The fourth-order valence-electron chi connectivity index (χ4n) is 4.01. The zero-order chi connectivity index (χ0) is 24.6. The van der Waals surface area contributed by atoms with Gasteiger partial charge in [-0.1, -0.05) is 28.8 Å². The number of carbonyl (C=O) groups excluding carboxylic acids is 1. The van der Waals surface area contributed by atoms with Crippen molar-refractivity contribution in [3.05, 3.63) is 93.6 Å². The van der Waals surface area contributed by atoms with Crippen LogP contribution in [0.1, 0.15) is 27.2 Å². The molecule has 0 fully saturated rings. The number of amides is 1. The molecule has 3 aromatic carbocycles. The number of aryl methyl sites for hydroxylation is 2. The standard InChI is InChI=1S/C25H22ClF2N2O3P/c1-14-8-15(2)10-19(9-14)34(32,33-3)24-20-12-17(26)4-7-22(20)30-23(24)25(31)29-13-16-11-18(27)5-6-21(16)28/h4-12,30H,13H2,1-3H3,(H,29,31). The molecule has 2 N–H and O–H groups in total. The van der Waals surface area contributed by atoms with E-state index >= 15 is 0 Å². The van der Waals surface area contributed by atoms with Crippen molar-refractivity contribution in [3.63, 3.8) is 0 Å². The van der Waals surface area contributed by atoms with Crippen LogP contribution in [0.2, 0.25) is 5.02 Å². The van der Waals surface area contributed by atoms with Gasteiger partial charge in [0.15, 0.2) is 0 Å². The lowest BCUT2D eigenvalue weighted by molar-refractivity contribution is 0.0947. The summed E-state index contributed by atoms with van der Waals surface area (Å²) in [6.45, 7) is 3.49. The summed E-state index contributed by atoms with van der Waals surface area (Å²) in [6.07, 6.45) is 0. The second-order valence-electron chi connectivity index (χ2n) is 8.04. The maximum Gasteiger partial charge on any atom is 0.268 e. The maximum atomic E-state index is 14.4. The molecule has 0 aliphatic rings. The first kappa shape index (κ1) is 24.1. The molecule has 1 heterocycles. The third-order valence-corrected chi connectivity index (χ3v) is 8.25. The van der Waals surface area contributed by atoms with E-state index in [9.17, 15) is 18.1 Å². The fraction of sp³-hybridized carbons (Fsp3) is 0.160. The molecule has 1 amide bonds. The van der Waals surface area contributed by atoms with Crippen LogP contribution in [0.15, 0.2) is 54.6 Å². The summed E-state index contributed by atoms with van der Waals surface area (Å²) in [5, 5.41) is 4.04. The van der Waals surface area contributed by atoms with Gasteiger partial charge in [0.2, 0.25) is 0 Å². The molecule has 1 unspecified atom stereocenters. The van der Waals surface area contributed by atoms with Crippen molar-refractivity contribution in [2.24, 2.45) is 0 Å². The third kappa shape index (κ3) is 4.51. The quantitative estimate of drug-likeness (QED) is 0.341. The van der Waals surface area contributed by atoms with Crippen molar-refractivity contribution >= 4 is 46.4 Å². The first-order chi connectivity index (χ1) is 16.1. The topological polar surface area (TPSA) is 71.2 Å². The number of hydrogen-bond acceptors (Lipinski definition) is 3. The Hall–Kier alpha value is -2.99. The average Bonchev–Trinajstić information content (AvgIpc) is 3.17. The van der Waals surface area contributed by atoms with Gasteiger partial charge in [0.05, 0.1) is 5.30 Å². The molecule has 0 aliphatic carbocycles. The summed E-state index contributed by atoms with van der Waals surface area (Å²) in [6, 6.07) is 13.4. The number of carbonyl (C=O) groups is 1. The Morgan fingerprint density at radius 3 is 2.44 bits per heavy atom. The van der Waals surface area contributed by atoms with Gasteiger partial charge in [-0.3, -0.25) is 9.36 Å². The SMILES string of the molecule is COP(=O)(c1cc(C)cc(C)c1)c1c(C(=O)NCc2cc(F)ccc2F)[nH]c2ccc(Cl)cc12. The molecule has 4 rings (SSSR count). The van der Waals surface area contributed by atoms with Crippen LogP contribution >= 0.6 is 19.0 Å². The highest BCUT2D eigenvalue weighted by Crippen LogP contribution is 2.47. The van der Waals surface area contributed by atoms with E-state index in [0.717, 1.165) is 29.3 Å². The first-order valence-corrected chi connectivity index (χ1v) is 12.4. The van der Waals surface area contributed by atoms with Gasteiger partial charge in [-0.05, 0) is 62.4 Å². The number of aromatic amines is 1. The van der Waals surface area contributed by atoms with Gasteiger partial charge in [0.25, 0.3) is 13.3 Å². The first-order valence-electron chi connectivity index (χ1n) is 10.4. The Morgan fingerprint density at radius 2 is 1.76 bits per heavy atom. The fourth-order valence-corrected chi connectivity index (χ4v) is 6.53. The van der Waals surface area contributed by atoms with Crippen molar-refractivity contribution in [1.82, 2.24) is 10.3 Å². The van der Waals surface area contributed by atoms with Crippen LogP contribution in [-0.4, -0.2) is 18.0 Å². The van der Waals surface area contributed by atoms with Crippen LogP contribution < -0.4 is 15.9 Å². The molecular formula is C25H22ClF2N2O3P. The number of rotatable bonds is 6. The van der Waals surface area contributed by atoms with Crippen LogP contribution in [0.5, 0.6) is 0 Å². The number of aromatic nitrogens is 1. The molecule has 4 aromatic rings. The summed E-state index contributed by atoms with van der Waals surface area (Å²) in [5.41, 5.74) is 2.29. The molecule has 9 heteroatoms. The normalized spacial score (nSPS) is 13.1. The highest BCUT2D eigenvalue weighted by molar-refractivity contribution is 7.75. The minimum atomic E-state index is -3.77. The highest BCUT2D eigenvalue weighted by atomic mass is 35.5. The molecule has 0 saturated carbocycles. The predicted octanol–water partition coefficient (Wildman–Crippen LogP) is 5.52. The highest BCUT2D eigenvalue weighted by Gasteiger charge is 2.36. The van der Waals surface area contributed by atoms with Crippen molar-refractivity contribution in [2.45, 2.75) is 20.4 Å². The molecule has 0 saturated heterocycles. The Balaban J connectivity index is 1.85. The predicted molar refractivity (Wildman–Crippen MR) is 131 cm³/mol. The van der Waals surface area contributed by atoms with Crippen molar-refractivity contribution in [3.8, 4) is 0 Å². The van der Waals surface area contributed by atoms with E-state index in [4.69, 9.17) is 16.1 Å². The van der Waals surface area contributed by atoms with Crippen LogP contribution in [0.3, 0.4) is 0 Å². The zero-order valence-electron chi connectivity index (χ0n) is 18.7. The van der Waals surface area contributed by atoms with Gasteiger partial charge in [0.1, 0.15) is 17.3 Å². The average molecular weight is 503 g/mol. The summed E-state index contributed by atoms with van der Waals surface area (Å²) in [5.74, 6) is -1.92.